The van der Waals surface area contributed by atoms with Crippen LogP contribution in [-0.4, -0.2) is 42.8 Å². The maximum absolute atomic E-state index is 8.25. The van der Waals surface area contributed by atoms with E-state index in [0.29, 0.717) is 0 Å². The van der Waals surface area contributed by atoms with E-state index in [1.807, 2.05) is 0 Å². The van der Waals surface area contributed by atoms with E-state index in [0.717, 1.165) is 0 Å². The molecular formula is H3CaNO3. The van der Waals surface area contributed by atoms with Crippen LogP contribution in [0.1, 0.15) is 1.43 Å². The number of rotatable bonds is 0. The van der Waals surface area contributed by atoms with Crippen LogP contribution in [0.4, 0.5) is 0 Å². The molecule has 0 spiro atoms. The summed E-state index contributed by atoms with van der Waals surface area (Å²) in [5, 5.41) is 14.8. The van der Waals surface area contributed by atoms with Crippen molar-refractivity contribution >= 4 is 37.7 Å². The first-order chi connectivity index (χ1) is 1.73. The Bertz CT molecular complexity index is 33.8. The van der Waals surface area contributed by atoms with Gasteiger partial charge >= 0.3 is 39.2 Å². The van der Waals surface area contributed by atoms with Crippen molar-refractivity contribution < 1.29 is 6.51 Å². The van der Waals surface area contributed by atoms with Gasteiger partial charge in [-0.2, -0.15) is 0 Å². The molecule has 0 heterocycles. The normalized spacial score (nSPS) is 4.80. The average molecular weight is 105 g/mol. The first kappa shape index (κ1) is 9.07. The number of hydrogen-bond acceptors (Lipinski definition) is 3. The second kappa shape index (κ2) is 4.46. The van der Waals surface area contributed by atoms with Crippen molar-refractivity contribution in [2.45, 2.75) is 0 Å². The van der Waals surface area contributed by atoms with Crippen LogP contribution in [0.25, 0.3) is 0 Å². The van der Waals surface area contributed by atoms with E-state index in [1.54, 1.807) is 0 Å². The van der Waals surface area contributed by atoms with Crippen molar-refractivity contribution in [3.05, 3.63) is 15.3 Å². The Morgan fingerprint density at radius 2 is 1.60 bits per heavy atom. The summed E-state index contributed by atoms with van der Waals surface area (Å²) >= 11 is 0. The molecule has 0 saturated carbocycles. The third kappa shape index (κ3) is 128. The smallest absolute Gasteiger partial charge is 1.00 e. The van der Waals surface area contributed by atoms with Gasteiger partial charge in [0.1, 0.15) is 0 Å². The Kier molecular flexibility index (Phi) is 8.09. The van der Waals surface area contributed by atoms with Gasteiger partial charge in [0.15, 0.2) is 0 Å². The molecule has 5 heteroatoms. The zero-order valence-electron chi connectivity index (χ0n) is 2.67. The Labute approximate surface area is 59.4 Å². The maximum atomic E-state index is 8.25. The predicted molar refractivity (Wildman–Crippen MR) is 20.0 cm³/mol. The zero-order chi connectivity index (χ0) is 3.58. The van der Waals surface area contributed by atoms with Gasteiger partial charge < -0.3 is 15.3 Å². The minimum Gasteiger partial charge on any atom is 1.00 e. The molecule has 0 aliphatic rings. The third-order valence-electron chi connectivity index (χ3n) is 0. The second-order valence-corrected chi connectivity index (χ2v) is 0.224. The quantitative estimate of drug-likeness (QED) is 0.224. The molecule has 5 heavy (non-hydrogen) atoms. The van der Waals surface area contributed by atoms with Crippen molar-refractivity contribution in [3.8, 4) is 0 Å². The molecule has 4 nitrogen and oxygen atoms in total. The zero-order valence-corrected chi connectivity index (χ0v) is 1.67. The summed E-state index contributed by atoms with van der Waals surface area (Å²) in [5.41, 5.74) is 0. The molecule has 0 radical (unpaired) electrons. The van der Waals surface area contributed by atoms with E-state index in [-0.39, 0.29) is 39.2 Å². The van der Waals surface area contributed by atoms with Gasteiger partial charge in [-0.3, -0.25) is 0 Å². The van der Waals surface area contributed by atoms with Gasteiger partial charge in [0, 0.05) is 0 Å². The van der Waals surface area contributed by atoms with Crippen LogP contribution >= 0.6 is 0 Å². The van der Waals surface area contributed by atoms with Crippen LogP contribution in [0.3, 0.4) is 0 Å². The largest absolute Gasteiger partial charge is 1.00 e. The SMILES string of the molecule is O=[N+]([O-])[O-].[CaH2].[H+]. The second-order valence-electron chi connectivity index (χ2n) is 0.224. The van der Waals surface area contributed by atoms with Gasteiger partial charge in [0.2, 0.25) is 0 Å². The van der Waals surface area contributed by atoms with E-state index < -0.39 is 5.09 Å². The third-order valence-corrected chi connectivity index (χ3v) is 0. The molecule has 0 fully saturated rings. The predicted octanol–water partition coefficient (Wildman–Crippen LogP) is -1.04. The van der Waals surface area contributed by atoms with Crippen LogP contribution < -0.4 is 0 Å². The molecule has 0 atom stereocenters. The molecule has 0 aliphatic heterocycles. The Balaban J connectivity index is -0.0000000450. The van der Waals surface area contributed by atoms with Crippen LogP contribution in [0.2, 0.25) is 0 Å². The van der Waals surface area contributed by atoms with Crippen LogP contribution in [-0.2, 0) is 0 Å². The molecule has 0 bridgehead atoms. The van der Waals surface area contributed by atoms with Gasteiger partial charge in [0.05, 0.1) is 5.09 Å². The molecule has 0 aromatic carbocycles. The summed E-state index contributed by atoms with van der Waals surface area (Å²) in [5.74, 6) is 0. The summed E-state index contributed by atoms with van der Waals surface area (Å²) < 4.78 is 0. The molecule has 28 valence electrons. The van der Waals surface area contributed by atoms with E-state index in [1.165, 1.54) is 0 Å². The van der Waals surface area contributed by atoms with Crippen LogP contribution in [0.5, 0.6) is 0 Å². The van der Waals surface area contributed by atoms with Gasteiger partial charge in [-0.05, 0) is 0 Å². The Morgan fingerprint density at radius 1 is 1.60 bits per heavy atom. The molecular weight excluding hydrogens is 102 g/mol. The monoisotopic (exact) mass is 105 g/mol. The summed E-state index contributed by atoms with van der Waals surface area (Å²) in [7, 11) is 0. The maximum Gasteiger partial charge on any atom is 1.00 e. The van der Waals surface area contributed by atoms with Crippen molar-refractivity contribution in [1.29, 1.82) is 0 Å². The molecule has 0 saturated heterocycles. The molecule has 0 N–H and O–H groups in total. The Morgan fingerprint density at radius 3 is 1.60 bits per heavy atom. The van der Waals surface area contributed by atoms with Crippen molar-refractivity contribution in [1.82, 2.24) is 0 Å². The van der Waals surface area contributed by atoms with Crippen molar-refractivity contribution in [2.75, 3.05) is 0 Å². The van der Waals surface area contributed by atoms with Crippen LogP contribution in [0.15, 0.2) is 0 Å². The summed E-state index contributed by atoms with van der Waals surface area (Å²) in [6, 6.07) is 0. The number of hydrogen-bond donors (Lipinski definition) is 0. The molecule has 0 amide bonds. The minimum absolute atomic E-state index is 0. The van der Waals surface area contributed by atoms with Gasteiger partial charge in [-0.15, -0.1) is 0 Å². The molecule has 0 rings (SSSR count). The molecule has 0 aliphatic carbocycles. The summed E-state index contributed by atoms with van der Waals surface area (Å²) in [4.78, 5) is 8.25. The standard InChI is InChI=1S/Ca.NO3.2H/c;2-1(3)4;;/q;-1;;/p+1. The fraction of sp³-hybridized carbons (Fsp3) is 0. The van der Waals surface area contributed by atoms with Crippen LogP contribution in [0, 0.1) is 15.3 Å². The topological polar surface area (TPSA) is 66.2 Å². The van der Waals surface area contributed by atoms with Gasteiger partial charge in [-0.1, -0.05) is 0 Å². The van der Waals surface area contributed by atoms with Gasteiger partial charge in [-0.25, -0.2) is 0 Å². The van der Waals surface area contributed by atoms with Crippen molar-refractivity contribution in [2.24, 2.45) is 0 Å². The molecule has 0 aromatic heterocycles. The first-order valence-corrected chi connectivity index (χ1v) is 0.548. The van der Waals surface area contributed by atoms with E-state index >= 15 is 0 Å². The fourth-order valence-corrected chi connectivity index (χ4v) is 0. The average Bonchev–Trinajstić information content (AvgIpc) is 0.811. The van der Waals surface area contributed by atoms with E-state index in [9.17, 15) is 0 Å². The first-order valence-electron chi connectivity index (χ1n) is 0.548. The molecule has 0 unspecified atom stereocenters. The fourth-order valence-electron chi connectivity index (χ4n) is 0. The summed E-state index contributed by atoms with van der Waals surface area (Å²) in [6.07, 6.45) is 0. The van der Waals surface area contributed by atoms with Crippen molar-refractivity contribution in [3.63, 3.8) is 0 Å². The molecule has 0 aromatic rings. The Hall–Kier alpha value is 0.460. The van der Waals surface area contributed by atoms with Gasteiger partial charge in [0.25, 0.3) is 0 Å². The summed E-state index contributed by atoms with van der Waals surface area (Å²) in [6.45, 7) is 0. The number of nitrogens with zero attached hydrogens (tertiary/aromatic N) is 1. The van der Waals surface area contributed by atoms with E-state index in [4.69, 9.17) is 15.3 Å². The van der Waals surface area contributed by atoms with E-state index in [2.05, 4.69) is 0 Å². The minimum atomic E-state index is -1.75.